The predicted molar refractivity (Wildman–Crippen MR) is 64.2 cm³/mol. The fourth-order valence-corrected chi connectivity index (χ4v) is 3.10. The second kappa shape index (κ2) is 3.42. The highest BCUT2D eigenvalue weighted by Gasteiger charge is 2.25. The maximum atomic E-state index is 4.40. The quantitative estimate of drug-likeness (QED) is 0.809. The molecule has 0 saturated heterocycles. The molecular formula is C12H15N5. The summed E-state index contributed by atoms with van der Waals surface area (Å²) in [6, 6.07) is 0. The molecule has 0 radical (unpaired) electrons. The van der Waals surface area contributed by atoms with Crippen LogP contribution in [-0.4, -0.2) is 26.1 Å². The van der Waals surface area contributed by atoms with Crippen molar-refractivity contribution in [1.29, 1.82) is 0 Å². The van der Waals surface area contributed by atoms with Crippen LogP contribution in [0.2, 0.25) is 0 Å². The molecule has 2 aliphatic rings. The number of nitrogens with one attached hydrogen (secondary N) is 1. The minimum atomic E-state index is 0.595. The van der Waals surface area contributed by atoms with Crippen LogP contribution < -0.4 is 5.32 Å². The third-order valence-electron chi connectivity index (χ3n) is 3.94. The van der Waals surface area contributed by atoms with Crippen molar-refractivity contribution in [3.8, 4) is 0 Å². The molecule has 1 fully saturated rings. The van der Waals surface area contributed by atoms with E-state index in [-0.39, 0.29) is 0 Å². The fourth-order valence-electron chi connectivity index (χ4n) is 3.10. The molecule has 0 aromatic carbocycles. The van der Waals surface area contributed by atoms with Crippen LogP contribution in [0.4, 0.5) is 5.82 Å². The minimum Gasteiger partial charge on any atom is -0.368 e. The summed E-state index contributed by atoms with van der Waals surface area (Å²) in [5.41, 5.74) is 2.16. The zero-order valence-corrected chi connectivity index (χ0v) is 9.69. The van der Waals surface area contributed by atoms with Crippen LogP contribution in [0.1, 0.15) is 43.1 Å². The summed E-state index contributed by atoms with van der Waals surface area (Å²) in [6.07, 6.45) is 8.01. The molecule has 17 heavy (non-hydrogen) atoms. The number of hydrogen-bond donors (Lipinski definition) is 1. The molecule has 0 spiro atoms. The van der Waals surface area contributed by atoms with Gasteiger partial charge in [0.05, 0.1) is 11.9 Å². The fraction of sp³-hybridized carbons (Fsp3) is 0.583. The van der Waals surface area contributed by atoms with Crippen molar-refractivity contribution in [2.45, 2.75) is 38.0 Å². The Kier molecular flexibility index (Phi) is 1.89. The van der Waals surface area contributed by atoms with Crippen molar-refractivity contribution in [3.05, 3.63) is 17.7 Å². The Hall–Kier alpha value is -1.65. The number of aromatic nitrogens is 4. The third-order valence-corrected chi connectivity index (χ3v) is 3.94. The lowest BCUT2D eigenvalue weighted by Gasteiger charge is -2.09. The first-order valence-electron chi connectivity index (χ1n) is 6.40. The average Bonchev–Trinajstić information content (AvgIpc) is 3.08. The topological polar surface area (TPSA) is 55.1 Å². The summed E-state index contributed by atoms with van der Waals surface area (Å²) in [4.78, 5) is 4.39. The number of hydrogen-bond acceptors (Lipinski definition) is 4. The van der Waals surface area contributed by atoms with E-state index in [1.807, 2.05) is 6.20 Å². The van der Waals surface area contributed by atoms with Gasteiger partial charge in [-0.1, -0.05) is 12.8 Å². The molecule has 88 valence electrons. The molecule has 1 N–H and O–H groups in total. The molecule has 1 aliphatic heterocycles. The van der Waals surface area contributed by atoms with E-state index in [1.165, 1.54) is 31.4 Å². The van der Waals surface area contributed by atoms with Gasteiger partial charge in [0.1, 0.15) is 11.6 Å². The van der Waals surface area contributed by atoms with Gasteiger partial charge in [0.2, 0.25) is 0 Å². The van der Waals surface area contributed by atoms with Crippen LogP contribution >= 0.6 is 0 Å². The van der Waals surface area contributed by atoms with Crippen LogP contribution in [-0.2, 0) is 6.42 Å². The Bertz CT molecular complexity index is 568. The maximum Gasteiger partial charge on any atom is 0.179 e. The average molecular weight is 229 g/mol. The minimum absolute atomic E-state index is 0.595. The summed E-state index contributed by atoms with van der Waals surface area (Å²) in [5.74, 6) is 2.76. The second-order valence-corrected chi connectivity index (χ2v) is 4.96. The monoisotopic (exact) mass is 229 g/mol. The highest BCUT2D eigenvalue weighted by atomic mass is 15.3. The molecule has 0 unspecified atom stereocenters. The Labute approximate surface area is 99.3 Å². The second-order valence-electron chi connectivity index (χ2n) is 4.96. The zero-order chi connectivity index (χ0) is 11.2. The van der Waals surface area contributed by atoms with Gasteiger partial charge in [0, 0.05) is 18.9 Å². The van der Waals surface area contributed by atoms with Crippen LogP contribution in [0.3, 0.4) is 0 Å². The Morgan fingerprint density at radius 3 is 3.00 bits per heavy atom. The molecule has 5 nitrogen and oxygen atoms in total. The summed E-state index contributed by atoms with van der Waals surface area (Å²) in [7, 11) is 0. The maximum absolute atomic E-state index is 4.40. The first-order valence-corrected chi connectivity index (χ1v) is 6.40. The van der Waals surface area contributed by atoms with E-state index >= 15 is 0 Å². The van der Waals surface area contributed by atoms with Gasteiger partial charge in [-0.2, -0.15) is 0 Å². The van der Waals surface area contributed by atoms with Crippen molar-refractivity contribution < 1.29 is 0 Å². The molecule has 5 heteroatoms. The van der Waals surface area contributed by atoms with E-state index in [0.717, 1.165) is 30.3 Å². The van der Waals surface area contributed by atoms with Crippen molar-refractivity contribution in [1.82, 2.24) is 19.6 Å². The van der Waals surface area contributed by atoms with Crippen LogP contribution in [0.5, 0.6) is 0 Å². The molecule has 4 rings (SSSR count). The molecule has 2 aromatic rings. The van der Waals surface area contributed by atoms with Crippen LogP contribution in [0, 0.1) is 0 Å². The lowest BCUT2D eigenvalue weighted by molar-refractivity contribution is 0.653. The van der Waals surface area contributed by atoms with Gasteiger partial charge in [0.15, 0.2) is 5.65 Å². The van der Waals surface area contributed by atoms with E-state index in [1.54, 1.807) is 0 Å². The zero-order valence-electron chi connectivity index (χ0n) is 9.69. The lowest BCUT2D eigenvalue weighted by atomic mass is 10.1. The number of rotatable bonds is 1. The number of nitrogens with zero attached hydrogens (tertiary/aromatic N) is 4. The van der Waals surface area contributed by atoms with E-state index in [4.69, 9.17) is 0 Å². The van der Waals surface area contributed by atoms with Gasteiger partial charge in [-0.25, -0.2) is 4.98 Å². The van der Waals surface area contributed by atoms with Crippen molar-refractivity contribution in [3.63, 3.8) is 0 Å². The van der Waals surface area contributed by atoms with Crippen molar-refractivity contribution in [2.24, 2.45) is 0 Å². The molecule has 0 bridgehead atoms. The molecule has 1 saturated carbocycles. The predicted octanol–water partition coefficient (Wildman–Crippen LogP) is 1.75. The van der Waals surface area contributed by atoms with E-state index in [9.17, 15) is 0 Å². The molecule has 0 amide bonds. The Morgan fingerprint density at radius 1 is 1.24 bits per heavy atom. The van der Waals surface area contributed by atoms with E-state index in [0.29, 0.717) is 5.92 Å². The van der Waals surface area contributed by atoms with Gasteiger partial charge in [-0.3, -0.25) is 4.40 Å². The highest BCUT2D eigenvalue weighted by molar-refractivity contribution is 5.52. The standard InChI is InChI=1S/C12H15N5/c1-2-4-8(3-1)12-16-15-10-7-14-11-9(17(10)12)5-6-13-11/h7-8,13H,1-6H2. The largest absolute Gasteiger partial charge is 0.368 e. The number of fused-ring (bicyclic) bond motifs is 3. The molecule has 2 aromatic heterocycles. The Balaban J connectivity index is 1.95. The third kappa shape index (κ3) is 1.28. The Morgan fingerprint density at radius 2 is 2.12 bits per heavy atom. The van der Waals surface area contributed by atoms with Gasteiger partial charge < -0.3 is 5.32 Å². The van der Waals surface area contributed by atoms with Crippen LogP contribution in [0.25, 0.3) is 5.65 Å². The van der Waals surface area contributed by atoms with Gasteiger partial charge >= 0.3 is 0 Å². The number of anilines is 1. The van der Waals surface area contributed by atoms with Gasteiger partial charge in [0.25, 0.3) is 0 Å². The summed E-state index contributed by atoms with van der Waals surface area (Å²) in [6.45, 7) is 0.976. The molecule has 0 atom stereocenters. The first kappa shape index (κ1) is 9.39. The van der Waals surface area contributed by atoms with E-state index < -0.39 is 0 Å². The van der Waals surface area contributed by atoms with Gasteiger partial charge in [-0.05, 0) is 12.8 Å². The van der Waals surface area contributed by atoms with Gasteiger partial charge in [-0.15, -0.1) is 10.2 Å². The smallest absolute Gasteiger partial charge is 0.179 e. The summed E-state index contributed by atoms with van der Waals surface area (Å²) < 4.78 is 2.23. The molecule has 1 aliphatic carbocycles. The van der Waals surface area contributed by atoms with E-state index in [2.05, 4.69) is 24.9 Å². The summed E-state index contributed by atoms with van der Waals surface area (Å²) in [5, 5.41) is 12.0. The van der Waals surface area contributed by atoms with Crippen LogP contribution in [0.15, 0.2) is 6.20 Å². The SMILES string of the molecule is c1nc2c(n3c(C4CCCC4)nnc13)CCN2. The first-order chi connectivity index (χ1) is 8.43. The molecular weight excluding hydrogens is 214 g/mol. The molecule has 3 heterocycles. The lowest BCUT2D eigenvalue weighted by Crippen LogP contribution is -2.04. The normalized spacial score (nSPS) is 19.8. The van der Waals surface area contributed by atoms with Crippen molar-refractivity contribution in [2.75, 3.05) is 11.9 Å². The summed E-state index contributed by atoms with van der Waals surface area (Å²) >= 11 is 0. The van der Waals surface area contributed by atoms with Crippen molar-refractivity contribution >= 4 is 11.5 Å². The highest BCUT2D eigenvalue weighted by Crippen LogP contribution is 2.34.